The monoisotopic (exact) mass is 550 g/mol. The third-order valence-electron chi connectivity index (χ3n) is 7.82. The third-order valence-corrected chi connectivity index (χ3v) is 13.0. The topological polar surface area (TPSA) is 0 Å². The van der Waals surface area contributed by atoms with Gasteiger partial charge in [0.05, 0.1) is 8.07 Å². The van der Waals surface area contributed by atoms with Gasteiger partial charge in [-0.1, -0.05) is 110 Å². The summed E-state index contributed by atoms with van der Waals surface area (Å²) in [4.78, 5) is 0. The molecule has 6 atom stereocenters. The average molecular weight is 553 g/mol. The van der Waals surface area contributed by atoms with E-state index in [1.807, 2.05) is 27.7 Å². The van der Waals surface area contributed by atoms with Crippen molar-refractivity contribution in [3.05, 3.63) is 39.2 Å². The Labute approximate surface area is 210 Å². The fourth-order valence-electron chi connectivity index (χ4n) is 6.75. The Morgan fingerprint density at radius 1 is 0.733 bits per heavy atom. The van der Waals surface area contributed by atoms with Gasteiger partial charge in [-0.25, -0.2) is 0 Å². The van der Waals surface area contributed by atoms with Crippen molar-refractivity contribution in [2.75, 3.05) is 0 Å². The summed E-state index contributed by atoms with van der Waals surface area (Å²) in [6.07, 6.45) is 22.0. The van der Waals surface area contributed by atoms with Crippen LogP contribution in [-0.2, 0) is 20.8 Å². The minimum absolute atomic E-state index is 0. The van der Waals surface area contributed by atoms with Crippen LogP contribution in [0.3, 0.4) is 0 Å². The van der Waals surface area contributed by atoms with E-state index in [9.17, 15) is 0 Å². The maximum absolute atomic E-state index is 4.93. The Balaban J connectivity index is 0. The van der Waals surface area contributed by atoms with E-state index in [1.165, 1.54) is 25.7 Å². The molecule has 0 radical (unpaired) electrons. The molecule has 0 amide bonds. The molecular formula is C26H50Cl2SiZr. The molecule has 0 aliphatic heterocycles. The van der Waals surface area contributed by atoms with E-state index in [-0.39, 0.29) is 14.9 Å². The Bertz CT molecular complexity index is 478. The van der Waals surface area contributed by atoms with Crippen LogP contribution in [0.15, 0.2) is 24.3 Å². The zero-order chi connectivity index (χ0) is 21.2. The second-order valence-electron chi connectivity index (χ2n) is 8.98. The molecule has 176 valence electrons. The van der Waals surface area contributed by atoms with E-state index >= 15 is 0 Å². The van der Waals surface area contributed by atoms with Gasteiger partial charge in [0.15, 0.2) is 0 Å². The predicted octanol–water partition coefficient (Wildman–Crippen LogP) is 10.5. The predicted molar refractivity (Wildman–Crippen MR) is 141 cm³/mol. The second-order valence-corrected chi connectivity index (χ2v) is 17.8. The Kier molecular flexibility index (Phi) is 19.6. The van der Waals surface area contributed by atoms with E-state index in [0.717, 1.165) is 34.8 Å². The first kappa shape index (κ1) is 33.3. The van der Waals surface area contributed by atoms with Crippen LogP contribution in [0.1, 0.15) is 79.1 Å². The van der Waals surface area contributed by atoms with Gasteiger partial charge in [-0.15, -0.1) is 0 Å². The summed E-state index contributed by atoms with van der Waals surface area (Å²) < 4.78 is 0. The molecule has 0 saturated heterocycles. The molecule has 0 N–H and O–H groups in total. The van der Waals surface area contributed by atoms with Gasteiger partial charge in [0.2, 0.25) is 0 Å². The van der Waals surface area contributed by atoms with Crippen molar-refractivity contribution in [2.24, 2.45) is 23.7 Å². The Morgan fingerprint density at radius 2 is 1.27 bits per heavy atom. The molecule has 4 aliphatic rings. The van der Waals surface area contributed by atoms with Gasteiger partial charge >= 0.3 is 37.9 Å². The number of allylic oxidation sites excluding steroid dienone is 4. The molecule has 0 bridgehead atoms. The molecule has 4 aliphatic carbocycles. The summed E-state index contributed by atoms with van der Waals surface area (Å²) in [5.41, 5.74) is 2.21. The minimum atomic E-state index is -1.14. The van der Waals surface area contributed by atoms with Crippen LogP contribution >= 0.6 is 17.0 Å². The van der Waals surface area contributed by atoms with E-state index in [4.69, 9.17) is 17.0 Å². The number of hydrogen-bond acceptors (Lipinski definition) is 0. The zero-order valence-electron chi connectivity index (χ0n) is 21.2. The Morgan fingerprint density at radius 3 is 1.90 bits per heavy atom. The first-order valence-corrected chi connectivity index (χ1v) is 21.4. The second kappa shape index (κ2) is 17.6. The number of hydrogen-bond donors (Lipinski definition) is 0. The van der Waals surface area contributed by atoms with Crippen molar-refractivity contribution < 1.29 is 20.8 Å². The van der Waals surface area contributed by atoms with Crippen molar-refractivity contribution in [3.8, 4) is 0 Å². The quantitative estimate of drug-likeness (QED) is 0.236. The number of halogens is 2. The van der Waals surface area contributed by atoms with E-state index in [2.05, 4.69) is 37.4 Å². The molecule has 4 heteroatoms. The summed E-state index contributed by atoms with van der Waals surface area (Å²) in [5.74, 6) is 4.03. The molecule has 30 heavy (non-hydrogen) atoms. The summed E-state index contributed by atoms with van der Waals surface area (Å²) in [5, 5.41) is 0. The fraction of sp³-hybridized carbons (Fsp3) is 0.769. The molecule has 0 nitrogen and oxygen atoms in total. The first-order chi connectivity index (χ1) is 13.6. The summed E-state index contributed by atoms with van der Waals surface area (Å²) in [6, 6.07) is 0. The Hall–Kier alpha value is 1.16. The molecule has 0 aromatic heterocycles. The number of fused-ring (bicyclic) bond motifs is 2. The van der Waals surface area contributed by atoms with Gasteiger partial charge in [0, 0.05) is 0 Å². The third kappa shape index (κ3) is 8.18. The van der Waals surface area contributed by atoms with Crippen LogP contribution in [0.2, 0.25) is 24.2 Å². The van der Waals surface area contributed by atoms with Crippen molar-refractivity contribution >= 4 is 25.1 Å². The van der Waals surface area contributed by atoms with Crippen molar-refractivity contribution in [3.63, 3.8) is 0 Å². The summed E-state index contributed by atoms with van der Waals surface area (Å²) in [7, 11) is 8.73. The van der Waals surface area contributed by atoms with Crippen molar-refractivity contribution in [1.29, 1.82) is 0 Å². The SMILES string of the molecule is CC.CC.C[Si](C)(C1CCC2C=CC=CC21)C1CCC2CCCCC21.[CH3-].[CH3-].[Cl][Zr+2][Cl]. The average Bonchev–Trinajstić information content (AvgIpc) is 3.37. The van der Waals surface area contributed by atoms with Gasteiger partial charge in [0.1, 0.15) is 0 Å². The van der Waals surface area contributed by atoms with Crippen LogP contribution in [-0.4, -0.2) is 8.07 Å². The van der Waals surface area contributed by atoms with Crippen LogP contribution in [0, 0.1) is 38.5 Å². The summed E-state index contributed by atoms with van der Waals surface area (Å²) >= 11 is -0.826. The molecule has 0 aromatic carbocycles. The molecule has 6 unspecified atom stereocenters. The van der Waals surface area contributed by atoms with E-state index in [1.54, 1.807) is 25.7 Å². The van der Waals surface area contributed by atoms with Gasteiger partial charge in [0.25, 0.3) is 0 Å². The molecule has 4 rings (SSSR count). The van der Waals surface area contributed by atoms with Crippen LogP contribution < -0.4 is 0 Å². The molecule has 0 aromatic rings. The van der Waals surface area contributed by atoms with Crippen LogP contribution in [0.5, 0.6) is 0 Å². The normalized spacial score (nSPS) is 32.7. The number of rotatable bonds is 2. The van der Waals surface area contributed by atoms with Gasteiger partial charge in [-0.2, -0.15) is 0 Å². The van der Waals surface area contributed by atoms with Crippen LogP contribution in [0.25, 0.3) is 0 Å². The van der Waals surface area contributed by atoms with E-state index < -0.39 is 28.9 Å². The van der Waals surface area contributed by atoms with Crippen molar-refractivity contribution in [1.82, 2.24) is 0 Å². The molecule has 3 fully saturated rings. The zero-order valence-corrected chi connectivity index (χ0v) is 26.2. The van der Waals surface area contributed by atoms with Crippen LogP contribution in [0.4, 0.5) is 0 Å². The van der Waals surface area contributed by atoms with Crippen molar-refractivity contribution in [2.45, 2.75) is 103 Å². The van der Waals surface area contributed by atoms with Gasteiger partial charge < -0.3 is 14.9 Å². The molecule has 0 heterocycles. The van der Waals surface area contributed by atoms with Gasteiger partial charge in [-0.05, 0) is 41.2 Å². The fourth-order valence-corrected chi connectivity index (χ4v) is 12.0. The van der Waals surface area contributed by atoms with E-state index in [0.29, 0.717) is 0 Å². The standard InChI is InChI=1S/C20H32Si.2C2H6.2CH3.2ClH.Zr/c1-21(2,19-13-11-15-7-3-5-9-17(15)19)20-14-12-16-8-4-6-10-18(16)20;2*1-2;;;;;/h3,5,7,9,15-20H,4,6,8,10-14H2,1-2H3;2*1-2H3;2*1H3;2*1H;/q;;;2*-1;;;+4/p-2. The van der Waals surface area contributed by atoms with Gasteiger partial charge in [-0.3, -0.25) is 0 Å². The molecule has 3 saturated carbocycles. The maximum atomic E-state index is 4.93. The molecule has 0 spiro atoms. The summed E-state index contributed by atoms with van der Waals surface area (Å²) in [6.45, 7) is 13.5. The first-order valence-electron chi connectivity index (χ1n) is 11.9. The molecular weight excluding hydrogens is 503 g/mol.